The first-order valence-corrected chi connectivity index (χ1v) is 9.61. The SMILES string of the molecule is CC[C@@H]1CN2CC[C@@]34c5ccccc5N5C(=O)CC=C([C@H]1C[C@H]23)[C@H]54. The molecule has 1 aromatic rings. The van der Waals surface area contributed by atoms with E-state index in [-0.39, 0.29) is 5.41 Å². The first kappa shape index (κ1) is 13.7. The highest BCUT2D eigenvalue weighted by atomic mass is 16.2. The molecule has 5 atom stereocenters. The fraction of sp³-hybridized carbons (Fsp3) is 0.571. The van der Waals surface area contributed by atoms with Crippen LogP contribution in [-0.2, 0) is 10.2 Å². The predicted molar refractivity (Wildman–Crippen MR) is 94.0 cm³/mol. The van der Waals surface area contributed by atoms with Crippen LogP contribution in [0.3, 0.4) is 0 Å². The summed E-state index contributed by atoms with van der Waals surface area (Å²) in [7, 11) is 0. The minimum Gasteiger partial charge on any atom is -0.304 e. The highest BCUT2D eigenvalue weighted by Gasteiger charge is 2.67. The quantitative estimate of drug-likeness (QED) is 0.742. The maximum atomic E-state index is 12.9. The molecule has 0 unspecified atom stereocenters. The Hall–Kier alpha value is -1.61. The third-order valence-corrected chi connectivity index (χ3v) is 7.82. The van der Waals surface area contributed by atoms with Gasteiger partial charge in [-0.2, -0.15) is 0 Å². The van der Waals surface area contributed by atoms with E-state index in [0.29, 0.717) is 30.3 Å². The zero-order valence-electron chi connectivity index (χ0n) is 14.2. The summed E-state index contributed by atoms with van der Waals surface area (Å²) in [6.07, 6.45) is 6.69. The highest BCUT2D eigenvalue weighted by molar-refractivity contribution is 6.00. The van der Waals surface area contributed by atoms with Crippen molar-refractivity contribution in [2.45, 2.75) is 50.1 Å². The van der Waals surface area contributed by atoms with Crippen molar-refractivity contribution in [3.05, 3.63) is 41.5 Å². The van der Waals surface area contributed by atoms with Crippen LogP contribution in [0.5, 0.6) is 0 Å². The molecule has 24 heavy (non-hydrogen) atoms. The molecule has 2 bridgehead atoms. The van der Waals surface area contributed by atoms with E-state index < -0.39 is 0 Å². The Kier molecular flexibility index (Phi) is 2.46. The Bertz CT molecular complexity index is 784. The van der Waals surface area contributed by atoms with Crippen LogP contribution in [-0.4, -0.2) is 36.0 Å². The lowest BCUT2D eigenvalue weighted by Crippen LogP contribution is -2.64. The zero-order chi connectivity index (χ0) is 16.1. The van der Waals surface area contributed by atoms with Crippen molar-refractivity contribution in [2.24, 2.45) is 11.8 Å². The number of carbonyl (C=O) groups is 1. The third-order valence-electron chi connectivity index (χ3n) is 7.82. The Morgan fingerprint density at radius 1 is 1.29 bits per heavy atom. The van der Waals surface area contributed by atoms with E-state index in [0.717, 1.165) is 5.92 Å². The number of anilines is 1. The number of nitrogens with zero attached hydrogens (tertiary/aromatic N) is 2. The summed E-state index contributed by atoms with van der Waals surface area (Å²) in [6.45, 7) is 4.81. The maximum Gasteiger partial charge on any atom is 0.231 e. The van der Waals surface area contributed by atoms with E-state index in [1.54, 1.807) is 5.57 Å². The first-order valence-electron chi connectivity index (χ1n) is 9.61. The van der Waals surface area contributed by atoms with Gasteiger partial charge in [0, 0.05) is 30.1 Å². The summed E-state index contributed by atoms with van der Waals surface area (Å²) in [5.41, 5.74) is 4.43. The fourth-order valence-electron chi connectivity index (χ4n) is 6.96. The van der Waals surface area contributed by atoms with Crippen molar-refractivity contribution in [3.8, 4) is 0 Å². The van der Waals surface area contributed by atoms with Gasteiger partial charge >= 0.3 is 0 Å². The van der Waals surface area contributed by atoms with Crippen molar-refractivity contribution in [2.75, 3.05) is 18.0 Å². The maximum absolute atomic E-state index is 12.9. The Labute approximate surface area is 143 Å². The van der Waals surface area contributed by atoms with Gasteiger partial charge in [-0.15, -0.1) is 0 Å². The Morgan fingerprint density at radius 3 is 3.04 bits per heavy atom. The van der Waals surface area contributed by atoms with Gasteiger partial charge in [0.15, 0.2) is 0 Å². The lowest BCUT2D eigenvalue weighted by molar-refractivity contribution is -0.119. The van der Waals surface area contributed by atoms with Crippen molar-refractivity contribution in [3.63, 3.8) is 0 Å². The van der Waals surface area contributed by atoms with Gasteiger partial charge in [-0.05, 0) is 48.4 Å². The molecule has 3 fully saturated rings. The average molecular weight is 320 g/mol. The molecule has 0 radical (unpaired) electrons. The molecule has 124 valence electrons. The number of rotatable bonds is 1. The summed E-state index contributed by atoms with van der Waals surface area (Å²) in [5, 5.41) is 0. The number of hydrogen-bond donors (Lipinski definition) is 0. The number of carbonyl (C=O) groups excluding carboxylic acids is 1. The van der Waals surface area contributed by atoms with Crippen LogP contribution in [0.1, 0.15) is 38.2 Å². The second-order valence-electron chi connectivity index (χ2n) is 8.40. The predicted octanol–water partition coefficient (Wildman–Crippen LogP) is 3.10. The molecule has 0 N–H and O–H groups in total. The molecule has 3 nitrogen and oxygen atoms in total. The average Bonchev–Trinajstić information content (AvgIpc) is 3.15. The Balaban J connectivity index is 1.64. The molecule has 4 heterocycles. The number of amides is 1. The normalized spacial score (nSPS) is 42.0. The van der Waals surface area contributed by atoms with Crippen molar-refractivity contribution in [1.29, 1.82) is 0 Å². The van der Waals surface area contributed by atoms with Crippen LogP contribution in [0.4, 0.5) is 5.69 Å². The lowest BCUT2D eigenvalue weighted by atomic mass is 9.56. The topological polar surface area (TPSA) is 23.6 Å². The van der Waals surface area contributed by atoms with Crippen LogP contribution in [0.2, 0.25) is 0 Å². The molecule has 1 aliphatic carbocycles. The van der Waals surface area contributed by atoms with E-state index in [1.807, 2.05) is 0 Å². The lowest BCUT2D eigenvalue weighted by Gasteiger charge is -2.56. The largest absolute Gasteiger partial charge is 0.304 e. The van der Waals surface area contributed by atoms with E-state index in [9.17, 15) is 4.79 Å². The van der Waals surface area contributed by atoms with Gasteiger partial charge < -0.3 is 4.90 Å². The monoisotopic (exact) mass is 320 g/mol. The van der Waals surface area contributed by atoms with Crippen molar-refractivity contribution in [1.82, 2.24) is 4.90 Å². The smallest absolute Gasteiger partial charge is 0.231 e. The number of piperidine rings is 1. The molecule has 1 spiro atoms. The van der Waals surface area contributed by atoms with Gasteiger partial charge in [0.1, 0.15) is 0 Å². The van der Waals surface area contributed by atoms with E-state index in [1.165, 1.54) is 43.6 Å². The fourth-order valence-corrected chi connectivity index (χ4v) is 6.96. The molecule has 4 aliphatic heterocycles. The van der Waals surface area contributed by atoms with Gasteiger partial charge in [0.25, 0.3) is 0 Å². The molecule has 0 aromatic heterocycles. The molecular formula is C21H24N2O. The second kappa shape index (κ2) is 4.32. The molecule has 1 saturated carbocycles. The van der Waals surface area contributed by atoms with Crippen LogP contribution in [0.25, 0.3) is 0 Å². The minimum absolute atomic E-state index is 0.160. The highest BCUT2D eigenvalue weighted by Crippen LogP contribution is 2.64. The van der Waals surface area contributed by atoms with Gasteiger partial charge in [-0.3, -0.25) is 9.69 Å². The molecule has 6 rings (SSSR count). The van der Waals surface area contributed by atoms with Crippen molar-refractivity contribution < 1.29 is 4.79 Å². The first-order chi connectivity index (χ1) is 11.8. The molecule has 2 saturated heterocycles. The third kappa shape index (κ3) is 1.31. The second-order valence-corrected chi connectivity index (χ2v) is 8.40. The summed E-state index contributed by atoms with van der Waals surface area (Å²) >= 11 is 0. The molecule has 1 amide bonds. The standard InChI is InChI=1S/C21H24N2O/c1-2-13-12-22-10-9-21-16-5-3-4-6-17(16)23-19(24)8-7-14(20(21)23)15(13)11-18(21)22/h3-7,13,15,18,20H,2,8-12H2,1H3/t13-,15+,18+,20+,21-/m1/s1. The van der Waals surface area contributed by atoms with Gasteiger partial charge in [0.2, 0.25) is 5.91 Å². The molecule has 5 aliphatic rings. The number of fused-ring (bicyclic) bond motifs is 4. The summed E-state index contributed by atoms with van der Waals surface area (Å²) in [6, 6.07) is 9.71. The van der Waals surface area contributed by atoms with Gasteiger partial charge in [-0.1, -0.05) is 37.6 Å². The van der Waals surface area contributed by atoms with Gasteiger partial charge in [0.05, 0.1) is 6.04 Å². The van der Waals surface area contributed by atoms with Gasteiger partial charge in [-0.25, -0.2) is 0 Å². The minimum atomic E-state index is 0.160. The van der Waals surface area contributed by atoms with E-state index >= 15 is 0 Å². The molecule has 3 heteroatoms. The van der Waals surface area contributed by atoms with Crippen LogP contribution in [0.15, 0.2) is 35.9 Å². The number of hydrogen-bond acceptors (Lipinski definition) is 2. The summed E-state index contributed by atoms with van der Waals surface area (Å²) < 4.78 is 0. The molecule has 1 aromatic carbocycles. The van der Waals surface area contributed by atoms with Crippen LogP contribution in [0, 0.1) is 11.8 Å². The molecular weight excluding hydrogens is 296 g/mol. The zero-order valence-corrected chi connectivity index (χ0v) is 14.2. The Morgan fingerprint density at radius 2 is 2.17 bits per heavy atom. The van der Waals surface area contributed by atoms with Crippen molar-refractivity contribution >= 4 is 11.6 Å². The number of benzene rings is 1. The summed E-state index contributed by atoms with van der Waals surface area (Å²) in [5.74, 6) is 1.76. The van der Waals surface area contributed by atoms with Crippen LogP contribution < -0.4 is 4.90 Å². The summed E-state index contributed by atoms with van der Waals surface area (Å²) in [4.78, 5) is 17.8. The number of para-hydroxylation sites is 1. The van der Waals surface area contributed by atoms with E-state index in [2.05, 4.69) is 47.1 Å². The van der Waals surface area contributed by atoms with E-state index in [4.69, 9.17) is 0 Å². The van der Waals surface area contributed by atoms with Crippen LogP contribution >= 0.6 is 0 Å².